The smallest absolute Gasteiger partial charge is 0.269 e. The molecule has 1 aliphatic heterocycles. The number of hydrogen-bond donors (Lipinski definition) is 1. The Bertz CT molecular complexity index is 1080. The lowest BCUT2D eigenvalue weighted by molar-refractivity contribution is -0.384. The number of carbonyl (C=O) groups excluding carboxylic acids is 1. The number of carbonyl (C=O) groups is 1. The van der Waals surface area contributed by atoms with E-state index in [4.69, 9.17) is 4.74 Å². The van der Waals surface area contributed by atoms with E-state index in [2.05, 4.69) is 5.32 Å². The average molecular weight is 480 g/mol. The Balaban J connectivity index is 1.75. The first-order valence-electron chi connectivity index (χ1n) is 10.2. The second kappa shape index (κ2) is 10.3. The van der Waals surface area contributed by atoms with Crippen molar-refractivity contribution in [1.82, 2.24) is 4.31 Å². The van der Waals surface area contributed by atoms with Gasteiger partial charge in [-0.25, -0.2) is 8.42 Å². The lowest BCUT2D eigenvalue weighted by Crippen LogP contribution is -2.28. The van der Waals surface area contributed by atoms with Crippen molar-refractivity contribution >= 4 is 39.1 Å². The quantitative estimate of drug-likeness (QED) is 0.329. The molecule has 0 aliphatic carbocycles. The fourth-order valence-corrected chi connectivity index (χ4v) is 5.82. The molecule has 1 amide bonds. The summed E-state index contributed by atoms with van der Waals surface area (Å²) in [5, 5.41) is 13.0. The van der Waals surface area contributed by atoms with Gasteiger partial charge in [0.25, 0.3) is 5.69 Å². The van der Waals surface area contributed by atoms with Gasteiger partial charge in [0.1, 0.15) is 10.6 Å². The summed E-state index contributed by atoms with van der Waals surface area (Å²) >= 11 is 1.25. The van der Waals surface area contributed by atoms with Gasteiger partial charge in [-0.05, 0) is 57.0 Å². The number of thioether (sulfide) groups is 1. The molecule has 172 valence electrons. The van der Waals surface area contributed by atoms with Gasteiger partial charge < -0.3 is 10.1 Å². The first kappa shape index (κ1) is 24.0. The summed E-state index contributed by atoms with van der Waals surface area (Å²) in [7, 11) is -3.73. The largest absolute Gasteiger partial charge is 0.492 e. The SMILES string of the molecule is CCOc1ccc(NC(=O)C(C)Sc2ccc([N+](=O)[O-])cc2)cc1S(=O)(=O)N1CCCC1. The number of anilines is 1. The molecule has 1 atom stereocenters. The van der Waals surface area contributed by atoms with Crippen molar-refractivity contribution in [3.8, 4) is 5.75 Å². The monoisotopic (exact) mass is 479 g/mol. The van der Waals surface area contributed by atoms with Gasteiger partial charge >= 0.3 is 0 Å². The molecule has 1 N–H and O–H groups in total. The topological polar surface area (TPSA) is 119 Å². The number of nitrogens with zero attached hydrogens (tertiary/aromatic N) is 2. The Kier molecular flexibility index (Phi) is 7.75. The van der Waals surface area contributed by atoms with Crippen LogP contribution in [0.15, 0.2) is 52.3 Å². The summed E-state index contributed by atoms with van der Waals surface area (Å²) in [4.78, 5) is 23.7. The normalized spacial score (nSPS) is 15.3. The second-order valence-corrected chi connectivity index (χ2v) is 10.5. The van der Waals surface area contributed by atoms with Crippen molar-refractivity contribution in [2.45, 2.75) is 41.7 Å². The Morgan fingerprint density at radius 1 is 1.22 bits per heavy atom. The fourth-order valence-electron chi connectivity index (χ4n) is 3.28. The molecule has 0 spiro atoms. The van der Waals surface area contributed by atoms with Gasteiger partial charge in [0, 0.05) is 35.8 Å². The van der Waals surface area contributed by atoms with Crippen LogP contribution in [0, 0.1) is 10.1 Å². The van der Waals surface area contributed by atoms with Crippen LogP contribution < -0.4 is 10.1 Å². The van der Waals surface area contributed by atoms with Gasteiger partial charge in [-0.3, -0.25) is 14.9 Å². The number of nitro groups is 1. The maximum absolute atomic E-state index is 13.1. The Hall–Kier alpha value is -2.63. The third-order valence-electron chi connectivity index (χ3n) is 4.92. The molecule has 11 heteroatoms. The summed E-state index contributed by atoms with van der Waals surface area (Å²) in [6, 6.07) is 10.5. The number of ether oxygens (including phenoxy) is 1. The zero-order valence-electron chi connectivity index (χ0n) is 17.8. The highest BCUT2D eigenvalue weighted by Crippen LogP contribution is 2.32. The summed E-state index contributed by atoms with van der Waals surface area (Å²) in [5.41, 5.74) is 0.333. The van der Waals surface area contributed by atoms with Gasteiger partial charge in [0.15, 0.2) is 0 Å². The maximum Gasteiger partial charge on any atom is 0.269 e. The van der Waals surface area contributed by atoms with Crippen molar-refractivity contribution in [3.05, 3.63) is 52.6 Å². The van der Waals surface area contributed by atoms with E-state index in [9.17, 15) is 23.3 Å². The molecule has 0 radical (unpaired) electrons. The number of nitro benzene ring substituents is 1. The van der Waals surface area contributed by atoms with E-state index in [1.54, 1.807) is 38.1 Å². The number of sulfonamides is 1. The van der Waals surface area contributed by atoms with Crippen molar-refractivity contribution in [1.29, 1.82) is 0 Å². The second-order valence-electron chi connectivity index (χ2n) is 7.21. The fraction of sp³-hybridized carbons (Fsp3) is 0.381. The lowest BCUT2D eigenvalue weighted by atomic mass is 10.3. The molecule has 2 aromatic carbocycles. The molecule has 0 saturated carbocycles. The summed E-state index contributed by atoms with van der Waals surface area (Å²) < 4.78 is 33.2. The van der Waals surface area contributed by atoms with Gasteiger partial charge in [-0.15, -0.1) is 11.8 Å². The standard InChI is InChI=1S/C21H25N3O6S2/c1-3-30-19-11-6-16(14-20(19)32(28,29)23-12-4-5-13-23)22-21(25)15(2)31-18-9-7-17(8-10-18)24(26)27/h6-11,14-15H,3-5,12-13H2,1-2H3,(H,22,25). The minimum atomic E-state index is -3.73. The van der Waals surface area contributed by atoms with Gasteiger partial charge in [-0.1, -0.05) is 0 Å². The summed E-state index contributed by atoms with van der Waals surface area (Å²) in [5.74, 6) is -0.0623. The Morgan fingerprint density at radius 2 is 1.88 bits per heavy atom. The Labute approximate surface area is 191 Å². The van der Waals surface area contributed by atoms with E-state index < -0.39 is 20.2 Å². The van der Waals surface area contributed by atoms with Crippen molar-refractivity contribution in [2.24, 2.45) is 0 Å². The molecule has 32 heavy (non-hydrogen) atoms. The van der Waals surface area contributed by atoms with Crippen LogP contribution in [0.2, 0.25) is 0 Å². The molecular formula is C21H25N3O6S2. The van der Waals surface area contributed by atoms with Crippen molar-refractivity contribution in [2.75, 3.05) is 25.0 Å². The molecule has 0 aromatic heterocycles. The minimum absolute atomic E-state index is 0.0208. The van der Waals surface area contributed by atoms with E-state index in [0.29, 0.717) is 30.3 Å². The predicted molar refractivity (Wildman–Crippen MR) is 123 cm³/mol. The first-order chi connectivity index (χ1) is 15.2. The van der Waals surface area contributed by atoms with E-state index in [1.807, 2.05) is 0 Å². The molecular weight excluding hydrogens is 454 g/mol. The molecule has 0 bridgehead atoms. The third-order valence-corrected chi connectivity index (χ3v) is 7.96. The van der Waals surface area contributed by atoms with E-state index >= 15 is 0 Å². The molecule has 9 nitrogen and oxygen atoms in total. The summed E-state index contributed by atoms with van der Waals surface area (Å²) in [6.07, 6.45) is 1.63. The number of non-ortho nitro benzene ring substituents is 1. The van der Waals surface area contributed by atoms with Crippen LogP contribution in [0.3, 0.4) is 0 Å². The van der Waals surface area contributed by atoms with E-state index in [-0.39, 0.29) is 22.2 Å². The highest BCUT2D eigenvalue weighted by molar-refractivity contribution is 8.00. The van der Waals surface area contributed by atoms with Crippen LogP contribution >= 0.6 is 11.8 Å². The van der Waals surface area contributed by atoms with Crippen LogP contribution in [-0.2, 0) is 14.8 Å². The Morgan fingerprint density at radius 3 is 2.47 bits per heavy atom. The average Bonchev–Trinajstić information content (AvgIpc) is 3.31. The lowest BCUT2D eigenvalue weighted by Gasteiger charge is -2.19. The minimum Gasteiger partial charge on any atom is -0.492 e. The molecule has 1 saturated heterocycles. The van der Waals surface area contributed by atoms with Crippen LogP contribution in [0.25, 0.3) is 0 Å². The van der Waals surface area contributed by atoms with Crippen LogP contribution in [0.4, 0.5) is 11.4 Å². The van der Waals surface area contributed by atoms with Crippen LogP contribution in [0.5, 0.6) is 5.75 Å². The molecule has 1 unspecified atom stereocenters. The molecule has 3 rings (SSSR count). The summed E-state index contributed by atoms with van der Waals surface area (Å²) in [6.45, 7) is 4.73. The maximum atomic E-state index is 13.1. The number of amides is 1. The first-order valence-corrected chi connectivity index (χ1v) is 12.5. The number of rotatable bonds is 9. The zero-order valence-corrected chi connectivity index (χ0v) is 19.4. The van der Waals surface area contributed by atoms with E-state index in [1.165, 1.54) is 34.3 Å². The van der Waals surface area contributed by atoms with Crippen molar-refractivity contribution in [3.63, 3.8) is 0 Å². The number of hydrogen-bond acceptors (Lipinski definition) is 7. The number of nitrogens with one attached hydrogen (secondary N) is 1. The molecule has 1 heterocycles. The van der Waals surface area contributed by atoms with Gasteiger partial charge in [0.05, 0.1) is 16.8 Å². The highest BCUT2D eigenvalue weighted by atomic mass is 32.2. The van der Waals surface area contributed by atoms with E-state index in [0.717, 1.165) is 12.8 Å². The molecule has 1 fully saturated rings. The predicted octanol–water partition coefficient (Wildman–Crippen LogP) is 3.90. The number of benzene rings is 2. The highest BCUT2D eigenvalue weighted by Gasteiger charge is 2.30. The van der Waals surface area contributed by atoms with Crippen LogP contribution in [0.1, 0.15) is 26.7 Å². The van der Waals surface area contributed by atoms with Gasteiger partial charge in [0.2, 0.25) is 15.9 Å². The van der Waals surface area contributed by atoms with Crippen LogP contribution in [-0.4, -0.2) is 48.5 Å². The molecule has 1 aliphatic rings. The van der Waals surface area contributed by atoms with Gasteiger partial charge in [-0.2, -0.15) is 4.31 Å². The zero-order chi connectivity index (χ0) is 23.3. The molecule has 2 aromatic rings. The van der Waals surface area contributed by atoms with Crippen molar-refractivity contribution < 1.29 is 22.9 Å². The third kappa shape index (κ3) is 5.59.